The van der Waals surface area contributed by atoms with Crippen LogP contribution in [0.3, 0.4) is 0 Å². The summed E-state index contributed by atoms with van der Waals surface area (Å²) >= 11 is 2.14. The third-order valence-electron chi connectivity index (χ3n) is 2.41. The van der Waals surface area contributed by atoms with Gasteiger partial charge >= 0.3 is 0 Å². The van der Waals surface area contributed by atoms with Crippen molar-refractivity contribution >= 4 is 28.5 Å². The van der Waals surface area contributed by atoms with Crippen molar-refractivity contribution < 1.29 is 9.90 Å². The van der Waals surface area contributed by atoms with Gasteiger partial charge in [-0.2, -0.15) is 0 Å². The highest BCUT2D eigenvalue weighted by Gasteiger charge is 2.13. The summed E-state index contributed by atoms with van der Waals surface area (Å²) in [5.74, 6) is -0.117. The Hall–Kier alpha value is -0.620. The Bertz CT molecular complexity index is 375. The molecule has 1 atom stereocenters. The lowest BCUT2D eigenvalue weighted by atomic mass is 10.1. The van der Waals surface area contributed by atoms with Crippen molar-refractivity contribution in [2.24, 2.45) is 0 Å². The fourth-order valence-electron chi connectivity index (χ4n) is 1.35. The van der Waals surface area contributed by atoms with Gasteiger partial charge in [-0.1, -0.05) is 18.6 Å². The number of aliphatic hydroxyl groups excluding tert-OH is 1. The van der Waals surface area contributed by atoms with Gasteiger partial charge in [0, 0.05) is 3.57 Å². The van der Waals surface area contributed by atoms with Crippen LogP contribution in [0.2, 0.25) is 0 Å². The number of aliphatic hydroxyl groups is 1. The van der Waals surface area contributed by atoms with Crippen molar-refractivity contribution in [3.8, 4) is 0 Å². The normalized spacial score (nSPS) is 12.2. The summed E-state index contributed by atoms with van der Waals surface area (Å²) in [7, 11) is 0. The third kappa shape index (κ3) is 3.45. The van der Waals surface area contributed by atoms with E-state index >= 15 is 0 Å². The summed E-state index contributed by atoms with van der Waals surface area (Å²) in [5, 5.41) is 11.8. The lowest BCUT2D eigenvalue weighted by molar-refractivity contribution is 0.0914. The Morgan fingerprint density at radius 2 is 2.25 bits per heavy atom. The molecular weight excluding hydrogens is 317 g/mol. The molecule has 1 rings (SSSR count). The van der Waals surface area contributed by atoms with Crippen LogP contribution in [0.1, 0.15) is 29.3 Å². The first-order valence-corrected chi connectivity index (χ1v) is 6.34. The molecule has 0 fully saturated rings. The second kappa shape index (κ2) is 6.20. The summed E-state index contributed by atoms with van der Waals surface area (Å²) in [6, 6.07) is 5.59. The molecular formula is C12H16INO2. The molecule has 0 heterocycles. The molecule has 0 aliphatic carbocycles. The zero-order chi connectivity index (χ0) is 12.1. The zero-order valence-electron chi connectivity index (χ0n) is 9.46. The predicted octanol–water partition coefficient (Wildman–Crippen LogP) is 2.10. The highest BCUT2D eigenvalue weighted by Crippen LogP contribution is 2.14. The van der Waals surface area contributed by atoms with Gasteiger partial charge in [0.1, 0.15) is 0 Å². The van der Waals surface area contributed by atoms with E-state index in [1.54, 1.807) is 0 Å². The maximum absolute atomic E-state index is 11.9. The first-order valence-electron chi connectivity index (χ1n) is 5.26. The molecule has 0 aliphatic heterocycles. The standard InChI is InChI=1S/C12H16INO2/c1-3-9(7-15)14-12(16)10-6-8(2)4-5-11(10)13/h4-6,9,15H,3,7H2,1-2H3,(H,14,16). The number of rotatable bonds is 4. The van der Waals surface area contributed by atoms with Crippen molar-refractivity contribution in [2.45, 2.75) is 26.3 Å². The molecule has 16 heavy (non-hydrogen) atoms. The molecule has 0 aromatic heterocycles. The van der Waals surface area contributed by atoms with Gasteiger partial charge < -0.3 is 10.4 Å². The number of carbonyl (C=O) groups is 1. The van der Waals surface area contributed by atoms with Crippen LogP contribution < -0.4 is 5.32 Å². The molecule has 1 unspecified atom stereocenters. The van der Waals surface area contributed by atoms with Gasteiger partial charge in [0.05, 0.1) is 18.2 Å². The molecule has 1 amide bonds. The number of benzene rings is 1. The number of hydrogen-bond acceptors (Lipinski definition) is 2. The van der Waals surface area contributed by atoms with Crippen molar-refractivity contribution in [2.75, 3.05) is 6.61 Å². The molecule has 1 aromatic rings. The van der Waals surface area contributed by atoms with Crippen LogP contribution >= 0.6 is 22.6 Å². The molecule has 0 aliphatic rings. The van der Waals surface area contributed by atoms with Crippen LogP contribution in [0.4, 0.5) is 0 Å². The zero-order valence-corrected chi connectivity index (χ0v) is 11.6. The Balaban J connectivity index is 2.83. The van der Waals surface area contributed by atoms with Crippen molar-refractivity contribution in [1.29, 1.82) is 0 Å². The van der Waals surface area contributed by atoms with Crippen molar-refractivity contribution in [1.82, 2.24) is 5.32 Å². The highest BCUT2D eigenvalue weighted by atomic mass is 127. The van der Waals surface area contributed by atoms with Gasteiger partial charge in [0.25, 0.3) is 5.91 Å². The number of hydrogen-bond donors (Lipinski definition) is 2. The monoisotopic (exact) mass is 333 g/mol. The quantitative estimate of drug-likeness (QED) is 0.829. The fraction of sp³-hybridized carbons (Fsp3) is 0.417. The Kier molecular flexibility index (Phi) is 5.21. The molecule has 3 nitrogen and oxygen atoms in total. The number of amides is 1. The van der Waals surface area contributed by atoms with Crippen LogP contribution in [0.15, 0.2) is 18.2 Å². The Labute approximate surface area is 109 Å². The number of halogens is 1. The van der Waals surface area contributed by atoms with E-state index in [9.17, 15) is 4.79 Å². The minimum absolute atomic E-state index is 0.0232. The second-order valence-corrected chi connectivity index (χ2v) is 4.91. The van der Waals surface area contributed by atoms with E-state index in [4.69, 9.17) is 5.11 Å². The van der Waals surface area contributed by atoms with E-state index in [1.165, 1.54) is 0 Å². The topological polar surface area (TPSA) is 49.3 Å². The van der Waals surface area contributed by atoms with Gasteiger partial charge in [-0.05, 0) is 48.1 Å². The maximum Gasteiger partial charge on any atom is 0.252 e. The number of aryl methyl sites for hydroxylation is 1. The molecule has 88 valence electrons. The average Bonchev–Trinajstić information content (AvgIpc) is 2.28. The van der Waals surface area contributed by atoms with Gasteiger partial charge in [-0.15, -0.1) is 0 Å². The second-order valence-electron chi connectivity index (χ2n) is 3.74. The smallest absolute Gasteiger partial charge is 0.252 e. The van der Waals surface area contributed by atoms with E-state index in [0.717, 1.165) is 15.6 Å². The molecule has 4 heteroatoms. The van der Waals surface area contributed by atoms with E-state index < -0.39 is 0 Å². The van der Waals surface area contributed by atoms with Crippen molar-refractivity contribution in [3.63, 3.8) is 0 Å². The molecule has 0 bridgehead atoms. The lowest BCUT2D eigenvalue weighted by Crippen LogP contribution is -2.37. The average molecular weight is 333 g/mol. The number of carbonyl (C=O) groups excluding carboxylic acids is 1. The highest BCUT2D eigenvalue weighted by molar-refractivity contribution is 14.1. The fourth-order valence-corrected chi connectivity index (χ4v) is 1.93. The minimum atomic E-state index is -0.163. The minimum Gasteiger partial charge on any atom is -0.394 e. The predicted molar refractivity (Wildman–Crippen MR) is 72.5 cm³/mol. The SMILES string of the molecule is CCC(CO)NC(=O)c1cc(C)ccc1I. The summed E-state index contributed by atoms with van der Waals surface area (Å²) in [4.78, 5) is 11.9. The summed E-state index contributed by atoms with van der Waals surface area (Å²) in [6.45, 7) is 3.86. The summed E-state index contributed by atoms with van der Waals surface area (Å²) in [6.07, 6.45) is 0.727. The van der Waals surface area contributed by atoms with Gasteiger partial charge in [0.2, 0.25) is 0 Å². The summed E-state index contributed by atoms with van der Waals surface area (Å²) in [5.41, 5.74) is 1.73. The Morgan fingerprint density at radius 1 is 1.56 bits per heavy atom. The van der Waals surface area contributed by atoms with Gasteiger partial charge in [-0.25, -0.2) is 0 Å². The van der Waals surface area contributed by atoms with Crippen LogP contribution in [-0.4, -0.2) is 23.7 Å². The maximum atomic E-state index is 11.9. The molecule has 0 radical (unpaired) electrons. The molecule has 0 spiro atoms. The van der Waals surface area contributed by atoms with Gasteiger partial charge in [-0.3, -0.25) is 4.79 Å². The first kappa shape index (κ1) is 13.4. The van der Waals surface area contributed by atoms with E-state index in [1.807, 2.05) is 32.0 Å². The van der Waals surface area contributed by atoms with E-state index in [0.29, 0.717) is 5.56 Å². The largest absolute Gasteiger partial charge is 0.394 e. The molecule has 0 saturated heterocycles. The van der Waals surface area contributed by atoms with Crippen LogP contribution in [-0.2, 0) is 0 Å². The third-order valence-corrected chi connectivity index (χ3v) is 3.36. The van der Waals surface area contributed by atoms with E-state index in [-0.39, 0.29) is 18.6 Å². The van der Waals surface area contributed by atoms with Crippen LogP contribution in [0, 0.1) is 10.5 Å². The van der Waals surface area contributed by atoms with Crippen LogP contribution in [0.25, 0.3) is 0 Å². The van der Waals surface area contributed by atoms with Gasteiger partial charge in [0.15, 0.2) is 0 Å². The first-order chi connectivity index (χ1) is 7.58. The molecule has 1 aromatic carbocycles. The molecule has 2 N–H and O–H groups in total. The molecule has 0 saturated carbocycles. The Morgan fingerprint density at radius 3 is 2.81 bits per heavy atom. The number of nitrogens with one attached hydrogen (secondary N) is 1. The lowest BCUT2D eigenvalue weighted by Gasteiger charge is -2.14. The summed E-state index contributed by atoms with van der Waals surface area (Å²) < 4.78 is 0.925. The van der Waals surface area contributed by atoms with E-state index in [2.05, 4.69) is 27.9 Å². The van der Waals surface area contributed by atoms with Crippen molar-refractivity contribution in [3.05, 3.63) is 32.9 Å². The van der Waals surface area contributed by atoms with Crippen LogP contribution in [0.5, 0.6) is 0 Å².